The molecule has 3 rings (SSSR count). The highest BCUT2D eigenvalue weighted by atomic mass is 79.9. The number of rotatable bonds is 4. The standard InChI is InChI=1S/C17H13BrF2N2O4/c18-12-7-6-11(9-13(12)22(24)25)16(23)21-8-2-4-10-3-1-5-14(15(10)21)26-17(19)20/h1,3,5-7,9,17H,2,4,8H2. The number of halogens is 3. The second kappa shape index (κ2) is 7.36. The molecular formula is C17H13BrF2N2O4. The molecule has 0 saturated heterocycles. The van der Waals surface area contributed by atoms with Crippen LogP contribution >= 0.6 is 15.9 Å². The van der Waals surface area contributed by atoms with Crippen molar-refractivity contribution in [2.75, 3.05) is 11.4 Å². The molecule has 6 nitrogen and oxygen atoms in total. The van der Waals surface area contributed by atoms with E-state index < -0.39 is 17.4 Å². The number of aryl methyl sites for hydroxylation is 1. The van der Waals surface area contributed by atoms with Crippen LogP contribution in [0.5, 0.6) is 5.75 Å². The molecule has 2 aromatic rings. The summed E-state index contributed by atoms with van der Waals surface area (Å²) in [6, 6.07) is 8.74. The zero-order chi connectivity index (χ0) is 18.8. The second-order valence-corrected chi connectivity index (χ2v) is 6.48. The highest BCUT2D eigenvalue weighted by molar-refractivity contribution is 9.10. The minimum absolute atomic E-state index is 0.0860. The number of fused-ring (bicyclic) bond motifs is 1. The van der Waals surface area contributed by atoms with Crippen molar-refractivity contribution in [1.82, 2.24) is 0 Å². The molecule has 0 aliphatic carbocycles. The molecule has 26 heavy (non-hydrogen) atoms. The third-order valence-corrected chi connectivity index (χ3v) is 4.70. The lowest BCUT2D eigenvalue weighted by Gasteiger charge is -2.31. The Bertz CT molecular complexity index is 876. The number of ether oxygens (including phenoxy) is 1. The summed E-state index contributed by atoms with van der Waals surface area (Å²) in [6.07, 6.45) is 1.27. The fraction of sp³-hybridized carbons (Fsp3) is 0.235. The molecule has 0 saturated carbocycles. The number of carbonyl (C=O) groups excluding carboxylic acids is 1. The van der Waals surface area contributed by atoms with Gasteiger partial charge >= 0.3 is 6.61 Å². The number of anilines is 1. The molecule has 0 radical (unpaired) electrons. The third-order valence-electron chi connectivity index (χ3n) is 4.03. The van der Waals surface area contributed by atoms with E-state index in [-0.39, 0.29) is 27.2 Å². The number of para-hydroxylation sites is 1. The van der Waals surface area contributed by atoms with Crippen LogP contribution < -0.4 is 9.64 Å². The maximum absolute atomic E-state index is 12.9. The van der Waals surface area contributed by atoms with Crippen molar-refractivity contribution < 1.29 is 23.2 Å². The largest absolute Gasteiger partial charge is 0.433 e. The molecule has 9 heteroatoms. The fourth-order valence-electron chi connectivity index (χ4n) is 2.95. The molecule has 0 unspecified atom stereocenters. The summed E-state index contributed by atoms with van der Waals surface area (Å²) in [6.45, 7) is -2.71. The van der Waals surface area contributed by atoms with E-state index in [4.69, 9.17) is 0 Å². The van der Waals surface area contributed by atoms with Gasteiger partial charge in [-0.1, -0.05) is 12.1 Å². The average molecular weight is 427 g/mol. The monoisotopic (exact) mass is 426 g/mol. The Morgan fingerprint density at radius 1 is 1.31 bits per heavy atom. The fourth-order valence-corrected chi connectivity index (χ4v) is 3.34. The second-order valence-electron chi connectivity index (χ2n) is 5.63. The first kappa shape index (κ1) is 18.2. The zero-order valence-electron chi connectivity index (χ0n) is 13.3. The Hall–Kier alpha value is -2.55. The zero-order valence-corrected chi connectivity index (χ0v) is 14.9. The van der Waals surface area contributed by atoms with Crippen molar-refractivity contribution in [2.45, 2.75) is 19.5 Å². The van der Waals surface area contributed by atoms with Gasteiger partial charge in [0.25, 0.3) is 11.6 Å². The normalized spacial score (nSPS) is 13.5. The van der Waals surface area contributed by atoms with Crippen LogP contribution in [0.25, 0.3) is 0 Å². The molecular weight excluding hydrogens is 414 g/mol. The molecule has 1 heterocycles. The smallest absolute Gasteiger partial charge is 0.387 e. The summed E-state index contributed by atoms with van der Waals surface area (Å²) in [5.74, 6) is -0.593. The van der Waals surface area contributed by atoms with Crippen LogP contribution in [0.1, 0.15) is 22.3 Å². The van der Waals surface area contributed by atoms with Gasteiger partial charge in [-0.3, -0.25) is 14.9 Å². The topological polar surface area (TPSA) is 72.7 Å². The molecule has 0 N–H and O–H groups in total. The summed E-state index contributed by atoms with van der Waals surface area (Å²) < 4.78 is 30.3. The molecule has 0 atom stereocenters. The molecule has 0 spiro atoms. The van der Waals surface area contributed by atoms with E-state index >= 15 is 0 Å². The first-order chi connectivity index (χ1) is 12.4. The van der Waals surface area contributed by atoms with E-state index in [1.807, 2.05) is 0 Å². The lowest BCUT2D eigenvalue weighted by Crippen LogP contribution is -2.36. The number of amides is 1. The SMILES string of the molecule is O=C(c1ccc(Br)c([N+](=O)[O-])c1)N1CCCc2cccc(OC(F)F)c21. The van der Waals surface area contributed by atoms with Gasteiger partial charge in [0.2, 0.25) is 0 Å². The first-order valence-corrected chi connectivity index (χ1v) is 8.50. The summed E-state index contributed by atoms with van der Waals surface area (Å²) in [4.78, 5) is 24.8. The van der Waals surface area contributed by atoms with Gasteiger partial charge in [0, 0.05) is 18.2 Å². The first-order valence-electron chi connectivity index (χ1n) is 7.71. The predicted octanol–water partition coefficient (Wildman–Crippen LogP) is 4.55. The van der Waals surface area contributed by atoms with Gasteiger partial charge in [-0.05, 0) is 52.5 Å². The molecule has 1 aliphatic rings. The molecule has 1 aliphatic heterocycles. The van der Waals surface area contributed by atoms with Gasteiger partial charge in [-0.15, -0.1) is 0 Å². The van der Waals surface area contributed by atoms with Crippen molar-refractivity contribution in [3.05, 3.63) is 62.1 Å². The van der Waals surface area contributed by atoms with Gasteiger partial charge in [0.05, 0.1) is 15.1 Å². The minimum atomic E-state index is -3.02. The van der Waals surface area contributed by atoms with Gasteiger partial charge in [-0.25, -0.2) is 0 Å². The molecule has 136 valence electrons. The molecule has 2 aromatic carbocycles. The van der Waals surface area contributed by atoms with Crippen LogP contribution in [-0.2, 0) is 6.42 Å². The lowest BCUT2D eigenvalue weighted by molar-refractivity contribution is -0.385. The van der Waals surface area contributed by atoms with Crippen LogP contribution in [0.15, 0.2) is 40.9 Å². The molecule has 0 fully saturated rings. The van der Waals surface area contributed by atoms with E-state index in [0.29, 0.717) is 19.4 Å². The highest BCUT2D eigenvalue weighted by Gasteiger charge is 2.29. The Balaban J connectivity index is 2.03. The number of benzene rings is 2. The number of nitro groups is 1. The number of hydrogen-bond acceptors (Lipinski definition) is 4. The summed E-state index contributed by atoms with van der Waals surface area (Å²) >= 11 is 3.07. The summed E-state index contributed by atoms with van der Waals surface area (Å²) in [7, 11) is 0. The van der Waals surface area contributed by atoms with Crippen LogP contribution in [0.4, 0.5) is 20.2 Å². The Morgan fingerprint density at radius 3 is 2.77 bits per heavy atom. The summed E-state index contributed by atoms with van der Waals surface area (Å²) in [5, 5.41) is 11.1. The van der Waals surface area contributed by atoms with Crippen molar-refractivity contribution in [3.8, 4) is 5.75 Å². The predicted molar refractivity (Wildman–Crippen MR) is 93.9 cm³/mol. The number of alkyl halides is 2. The van der Waals surface area contributed by atoms with E-state index in [0.717, 1.165) is 11.6 Å². The van der Waals surface area contributed by atoms with Gasteiger partial charge in [0.15, 0.2) is 0 Å². The lowest BCUT2D eigenvalue weighted by atomic mass is 10.00. The maximum atomic E-state index is 12.9. The van der Waals surface area contributed by atoms with E-state index in [2.05, 4.69) is 20.7 Å². The van der Waals surface area contributed by atoms with Gasteiger partial charge in [-0.2, -0.15) is 8.78 Å². The minimum Gasteiger partial charge on any atom is -0.433 e. The molecule has 1 amide bonds. The maximum Gasteiger partial charge on any atom is 0.387 e. The summed E-state index contributed by atoms with van der Waals surface area (Å²) in [5.41, 5.74) is 0.855. The van der Waals surface area contributed by atoms with Crippen LogP contribution in [0.3, 0.4) is 0 Å². The van der Waals surface area contributed by atoms with Crippen LogP contribution in [-0.4, -0.2) is 24.0 Å². The van der Waals surface area contributed by atoms with Gasteiger partial charge in [0.1, 0.15) is 5.75 Å². The van der Waals surface area contributed by atoms with E-state index in [1.165, 1.54) is 23.1 Å². The molecule has 0 bridgehead atoms. The van der Waals surface area contributed by atoms with Crippen molar-refractivity contribution in [2.24, 2.45) is 0 Å². The quantitative estimate of drug-likeness (QED) is 0.530. The van der Waals surface area contributed by atoms with Crippen LogP contribution in [0, 0.1) is 10.1 Å². The van der Waals surface area contributed by atoms with E-state index in [1.54, 1.807) is 12.1 Å². The number of hydrogen-bond donors (Lipinski definition) is 0. The third kappa shape index (κ3) is 3.52. The Labute approximate surface area is 155 Å². The van der Waals surface area contributed by atoms with Crippen molar-refractivity contribution >= 4 is 33.2 Å². The molecule has 0 aromatic heterocycles. The van der Waals surface area contributed by atoms with Crippen molar-refractivity contribution in [3.63, 3.8) is 0 Å². The van der Waals surface area contributed by atoms with Gasteiger partial charge < -0.3 is 9.64 Å². The van der Waals surface area contributed by atoms with Crippen LogP contribution in [0.2, 0.25) is 0 Å². The Morgan fingerprint density at radius 2 is 2.08 bits per heavy atom. The average Bonchev–Trinajstić information content (AvgIpc) is 2.60. The Kier molecular flexibility index (Phi) is 5.17. The highest BCUT2D eigenvalue weighted by Crippen LogP contribution is 2.38. The number of carbonyl (C=O) groups is 1. The number of nitrogens with zero attached hydrogens (tertiary/aromatic N) is 2. The van der Waals surface area contributed by atoms with E-state index in [9.17, 15) is 23.7 Å². The van der Waals surface area contributed by atoms with Crippen molar-refractivity contribution in [1.29, 1.82) is 0 Å². The number of nitro benzene ring substituents is 1.